The second kappa shape index (κ2) is 11.1. The molecule has 1 aromatic carbocycles. The highest BCUT2D eigenvalue weighted by atomic mass is 16.3. The van der Waals surface area contributed by atoms with E-state index in [2.05, 4.69) is 39.1 Å². The number of allylic oxidation sites excluding steroid dienone is 4. The van der Waals surface area contributed by atoms with Crippen molar-refractivity contribution in [3.63, 3.8) is 0 Å². The topological polar surface area (TPSA) is 69.6 Å². The lowest BCUT2D eigenvalue weighted by Crippen LogP contribution is -2.26. The van der Waals surface area contributed by atoms with E-state index in [4.69, 9.17) is 0 Å². The number of aromatic hydroxyl groups is 2. The van der Waals surface area contributed by atoms with Crippen LogP contribution in [0.15, 0.2) is 29.4 Å². The highest BCUT2D eigenvalue weighted by Gasteiger charge is 2.28. The van der Waals surface area contributed by atoms with Crippen molar-refractivity contribution in [2.45, 2.75) is 91.5 Å². The Balaban J connectivity index is 2.24. The SMILES string of the molecule is CCCCCc1cc(O)c(C/C=C(\C)CCC=C(C)C)c(O)c1C(=O)NC1CC1. The Labute approximate surface area is 175 Å². The van der Waals surface area contributed by atoms with E-state index in [1.54, 1.807) is 6.07 Å². The molecule has 1 amide bonds. The minimum atomic E-state index is -0.220. The maximum absolute atomic E-state index is 12.8. The summed E-state index contributed by atoms with van der Waals surface area (Å²) < 4.78 is 0. The molecule has 0 radical (unpaired) electrons. The van der Waals surface area contributed by atoms with Crippen molar-refractivity contribution < 1.29 is 15.0 Å². The van der Waals surface area contributed by atoms with Gasteiger partial charge in [0, 0.05) is 11.6 Å². The minimum Gasteiger partial charge on any atom is -0.508 e. The molecule has 0 bridgehead atoms. The van der Waals surface area contributed by atoms with E-state index in [-0.39, 0.29) is 23.4 Å². The Morgan fingerprint density at radius 1 is 1.17 bits per heavy atom. The highest BCUT2D eigenvalue weighted by molar-refractivity contribution is 5.99. The first kappa shape index (κ1) is 23.1. The summed E-state index contributed by atoms with van der Waals surface area (Å²) in [6, 6.07) is 1.90. The number of carbonyl (C=O) groups excluding carboxylic acids is 1. The fourth-order valence-electron chi connectivity index (χ4n) is 3.42. The van der Waals surface area contributed by atoms with Gasteiger partial charge in [-0.25, -0.2) is 0 Å². The first-order chi connectivity index (χ1) is 13.8. The van der Waals surface area contributed by atoms with Gasteiger partial charge in [0.25, 0.3) is 5.91 Å². The molecule has 2 rings (SSSR count). The Hall–Kier alpha value is -2.23. The molecule has 160 valence electrons. The quantitative estimate of drug-likeness (QED) is 0.318. The van der Waals surface area contributed by atoms with E-state index >= 15 is 0 Å². The van der Waals surface area contributed by atoms with Gasteiger partial charge in [-0.3, -0.25) is 4.79 Å². The third kappa shape index (κ3) is 7.26. The maximum Gasteiger partial charge on any atom is 0.255 e. The van der Waals surface area contributed by atoms with Crippen LogP contribution in [0.25, 0.3) is 0 Å². The van der Waals surface area contributed by atoms with E-state index in [9.17, 15) is 15.0 Å². The molecule has 4 nitrogen and oxygen atoms in total. The minimum absolute atomic E-state index is 0.0667. The molecule has 29 heavy (non-hydrogen) atoms. The zero-order valence-corrected chi connectivity index (χ0v) is 18.5. The van der Waals surface area contributed by atoms with Crippen molar-refractivity contribution in [1.82, 2.24) is 5.32 Å². The molecule has 1 aliphatic rings. The predicted molar refractivity (Wildman–Crippen MR) is 120 cm³/mol. The molecule has 0 unspecified atom stereocenters. The summed E-state index contributed by atoms with van der Waals surface area (Å²) in [5.41, 5.74) is 4.03. The number of hydrogen-bond donors (Lipinski definition) is 3. The molecule has 0 heterocycles. The number of nitrogens with one attached hydrogen (secondary N) is 1. The number of aryl methyl sites for hydroxylation is 1. The van der Waals surface area contributed by atoms with Gasteiger partial charge < -0.3 is 15.5 Å². The van der Waals surface area contributed by atoms with Crippen LogP contribution in [0.2, 0.25) is 0 Å². The summed E-state index contributed by atoms with van der Waals surface area (Å²) in [6.45, 7) is 8.37. The molecule has 4 heteroatoms. The lowest BCUT2D eigenvalue weighted by atomic mass is 9.94. The molecule has 1 aliphatic carbocycles. The summed E-state index contributed by atoms with van der Waals surface area (Å²) in [6.07, 6.45) is 12.3. The van der Waals surface area contributed by atoms with Gasteiger partial charge >= 0.3 is 0 Å². The van der Waals surface area contributed by atoms with Gasteiger partial charge in [-0.2, -0.15) is 0 Å². The number of rotatable bonds is 11. The molecule has 0 atom stereocenters. The number of phenols is 2. The van der Waals surface area contributed by atoms with E-state index in [0.29, 0.717) is 24.0 Å². The fraction of sp³-hybridized carbons (Fsp3) is 0.560. The van der Waals surface area contributed by atoms with Gasteiger partial charge in [-0.15, -0.1) is 0 Å². The maximum atomic E-state index is 12.8. The van der Waals surface area contributed by atoms with Gasteiger partial charge in [0.05, 0.1) is 5.56 Å². The third-order valence-electron chi connectivity index (χ3n) is 5.40. The first-order valence-corrected chi connectivity index (χ1v) is 11.0. The molecule has 1 fully saturated rings. The molecular formula is C25H37NO3. The second-order valence-electron chi connectivity index (χ2n) is 8.54. The summed E-state index contributed by atoms with van der Waals surface area (Å²) >= 11 is 0. The molecule has 0 saturated heterocycles. The van der Waals surface area contributed by atoms with E-state index in [0.717, 1.165) is 50.5 Å². The van der Waals surface area contributed by atoms with Gasteiger partial charge in [0.2, 0.25) is 0 Å². The third-order valence-corrected chi connectivity index (χ3v) is 5.40. The zero-order chi connectivity index (χ0) is 21.4. The smallest absolute Gasteiger partial charge is 0.255 e. The van der Waals surface area contributed by atoms with Crippen LogP contribution in [-0.4, -0.2) is 22.2 Å². The van der Waals surface area contributed by atoms with Crippen LogP contribution in [0.5, 0.6) is 11.5 Å². The number of unbranched alkanes of at least 4 members (excludes halogenated alkanes) is 2. The van der Waals surface area contributed by atoms with Crippen molar-refractivity contribution in [3.8, 4) is 11.5 Å². The molecule has 0 spiro atoms. The van der Waals surface area contributed by atoms with Gasteiger partial charge in [0.15, 0.2) is 0 Å². The van der Waals surface area contributed by atoms with E-state index in [1.165, 1.54) is 11.1 Å². The second-order valence-corrected chi connectivity index (χ2v) is 8.54. The van der Waals surface area contributed by atoms with Crippen molar-refractivity contribution in [2.75, 3.05) is 0 Å². The van der Waals surface area contributed by atoms with Gasteiger partial charge in [0.1, 0.15) is 11.5 Å². The van der Waals surface area contributed by atoms with Crippen molar-refractivity contribution in [1.29, 1.82) is 0 Å². The van der Waals surface area contributed by atoms with Gasteiger partial charge in [-0.1, -0.05) is 43.1 Å². The van der Waals surface area contributed by atoms with Crippen molar-refractivity contribution in [3.05, 3.63) is 46.1 Å². The van der Waals surface area contributed by atoms with Crippen LogP contribution >= 0.6 is 0 Å². The summed E-state index contributed by atoms with van der Waals surface area (Å²) in [7, 11) is 0. The highest BCUT2D eigenvalue weighted by Crippen LogP contribution is 2.36. The van der Waals surface area contributed by atoms with Crippen LogP contribution in [0.4, 0.5) is 0 Å². The Kier molecular flexibility index (Phi) is 8.81. The predicted octanol–water partition coefficient (Wildman–Crippen LogP) is 5.96. The largest absolute Gasteiger partial charge is 0.508 e. The Bertz CT molecular complexity index is 769. The van der Waals surface area contributed by atoms with Crippen LogP contribution in [0.3, 0.4) is 0 Å². The lowest BCUT2D eigenvalue weighted by Gasteiger charge is -2.16. The molecule has 1 aromatic rings. The monoisotopic (exact) mass is 399 g/mol. The van der Waals surface area contributed by atoms with Crippen LogP contribution in [0, 0.1) is 0 Å². The van der Waals surface area contributed by atoms with Crippen LogP contribution < -0.4 is 5.32 Å². The number of carbonyl (C=O) groups is 1. The number of hydrogen-bond acceptors (Lipinski definition) is 3. The molecule has 0 aromatic heterocycles. The standard InChI is InChI=1S/C25H37NO3/c1-5-6-7-11-19-16-22(27)21(15-12-18(4)10-8-9-17(2)3)24(28)23(19)25(29)26-20-13-14-20/h9,12,16,20,27-28H,5-8,10-11,13-15H2,1-4H3,(H,26,29)/b18-12+. The average Bonchev–Trinajstić information content (AvgIpc) is 3.45. The number of phenolic OH excluding ortho intramolecular Hbond substituents is 2. The van der Waals surface area contributed by atoms with Crippen molar-refractivity contribution in [2.24, 2.45) is 0 Å². The molecule has 0 aliphatic heterocycles. The average molecular weight is 400 g/mol. The first-order valence-electron chi connectivity index (χ1n) is 11.0. The molecule has 3 N–H and O–H groups in total. The fourth-order valence-corrected chi connectivity index (χ4v) is 3.42. The zero-order valence-electron chi connectivity index (χ0n) is 18.5. The van der Waals surface area contributed by atoms with E-state index < -0.39 is 0 Å². The van der Waals surface area contributed by atoms with Crippen LogP contribution in [-0.2, 0) is 12.8 Å². The van der Waals surface area contributed by atoms with Crippen LogP contribution in [0.1, 0.15) is 94.1 Å². The molecular weight excluding hydrogens is 362 g/mol. The summed E-state index contributed by atoms with van der Waals surface area (Å²) in [4.78, 5) is 12.8. The van der Waals surface area contributed by atoms with E-state index in [1.807, 2.05) is 6.08 Å². The van der Waals surface area contributed by atoms with Gasteiger partial charge in [-0.05, 0) is 77.3 Å². The summed E-state index contributed by atoms with van der Waals surface area (Å²) in [5.74, 6) is -0.213. The number of amides is 1. The molecule has 1 saturated carbocycles. The number of benzene rings is 1. The normalized spacial score (nSPS) is 14.0. The summed E-state index contributed by atoms with van der Waals surface area (Å²) in [5, 5.41) is 24.5. The Morgan fingerprint density at radius 3 is 2.52 bits per heavy atom. The van der Waals surface area contributed by atoms with Crippen molar-refractivity contribution >= 4 is 5.91 Å². The Morgan fingerprint density at radius 2 is 1.90 bits per heavy atom. The lowest BCUT2D eigenvalue weighted by molar-refractivity contribution is 0.0947.